The van der Waals surface area contributed by atoms with E-state index in [2.05, 4.69) is 10.1 Å². The van der Waals surface area contributed by atoms with E-state index in [1.807, 2.05) is 0 Å². The van der Waals surface area contributed by atoms with Crippen molar-refractivity contribution in [2.45, 2.75) is 48.7 Å². The lowest BCUT2D eigenvalue weighted by Gasteiger charge is -2.39. The molecule has 0 amide bonds. The van der Waals surface area contributed by atoms with Crippen LogP contribution < -0.4 is 0 Å². The zero-order chi connectivity index (χ0) is 16.8. The lowest BCUT2D eigenvalue weighted by molar-refractivity contribution is 0.198. The predicted octanol–water partition coefficient (Wildman–Crippen LogP) is 2.96. The highest BCUT2D eigenvalue weighted by atomic mass is 32.2. The fourth-order valence-electron chi connectivity index (χ4n) is 3.60. The van der Waals surface area contributed by atoms with Gasteiger partial charge in [0.15, 0.2) is 5.82 Å². The van der Waals surface area contributed by atoms with Gasteiger partial charge >= 0.3 is 0 Å². The van der Waals surface area contributed by atoms with E-state index in [0.29, 0.717) is 23.2 Å². The van der Waals surface area contributed by atoms with Gasteiger partial charge in [-0.3, -0.25) is 0 Å². The van der Waals surface area contributed by atoms with Gasteiger partial charge in [-0.2, -0.15) is 9.29 Å². The molecule has 1 saturated carbocycles. The molecule has 2 aromatic rings. The Morgan fingerprint density at radius 1 is 1.38 bits per heavy atom. The van der Waals surface area contributed by atoms with Crippen molar-refractivity contribution >= 4 is 21.4 Å². The molecule has 24 heavy (non-hydrogen) atoms. The van der Waals surface area contributed by atoms with Gasteiger partial charge in [0.25, 0.3) is 10.0 Å². The van der Waals surface area contributed by atoms with E-state index in [1.165, 1.54) is 24.2 Å². The highest BCUT2D eigenvalue weighted by Gasteiger charge is 2.45. The Bertz CT molecular complexity index is 802. The van der Waals surface area contributed by atoms with Crippen molar-refractivity contribution in [1.29, 1.82) is 0 Å². The van der Waals surface area contributed by atoms with E-state index in [9.17, 15) is 8.42 Å². The average Bonchev–Trinajstić information content (AvgIpc) is 3.05. The predicted molar refractivity (Wildman–Crippen MR) is 90.4 cm³/mol. The van der Waals surface area contributed by atoms with Crippen LogP contribution in [-0.2, 0) is 15.4 Å². The minimum atomic E-state index is -3.37. The number of rotatable bonds is 5. The molecule has 8 heteroatoms. The van der Waals surface area contributed by atoms with Crippen molar-refractivity contribution in [2.24, 2.45) is 5.92 Å². The molecule has 0 radical (unpaired) electrons. The molecular weight excluding hydrogens is 346 g/mol. The third-order valence-electron chi connectivity index (χ3n) is 5.15. The SMILES string of the molecule is Cc1nc(C2(CC3CC3)CCN(S(=O)(=O)c3cccs3)CC2)no1. The summed E-state index contributed by atoms with van der Waals surface area (Å²) in [5.74, 6) is 2.07. The smallest absolute Gasteiger partial charge is 0.252 e. The van der Waals surface area contributed by atoms with Crippen LogP contribution in [0.4, 0.5) is 0 Å². The molecule has 0 N–H and O–H groups in total. The van der Waals surface area contributed by atoms with Crippen LogP contribution in [0, 0.1) is 12.8 Å². The molecule has 0 aromatic carbocycles. The summed E-state index contributed by atoms with van der Waals surface area (Å²) in [6, 6.07) is 3.45. The Morgan fingerprint density at radius 2 is 2.12 bits per heavy atom. The molecule has 0 spiro atoms. The molecule has 2 fully saturated rings. The maximum atomic E-state index is 12.7. The second-order valence-electron chi connectivity index (χ2n) is 6.90. The molecule has 0 atom stereocenters. The molecule has 3 heterocycles. The quantitative estimate of drug-likeness (QED) is 0.812. The average molecular weight is 367 g/mol. The summed E-state index contributed by atoms with van der Waals surface area (Å²) < 4.78 is 32.7. The Hall–Kier alpha value is -1.25. The van der Waals surface area contributed by atoms with Crippen LogP contribution in [0.25, 0.3) is 0 Å². The van der Waals surface area contributed by atoms with E-state index >= 15 is 0 Å². The summed E-state index contributed by atoms with van der Waals surface area (Å²) in [6.45, 7) is 2.83. The van der Waals surface area contributed by atoms with Crippen LogP contribution in [-0.4, -0.2) is 36.0 Å². The van der Waals surface area contributed by atoms with E-state index in [0.717, 1.165) is 31.0 Å². The van der Waals surface area contributed by atoms with Gasteiger partial charge in [-0.25, -0.2) is 8.42 Å². The zero-order valence-electron chi connectivity index (χ0n) is 13.6. The number of thiophene rings is 1. The molecule has 0 unspecified atom stereocenters. The standard InChI is InChI=1S/C16H21N3O3S2/c1-12-17-15(18-22-12)16(11-13-4-5-13)6-8-19(9-7-16)24(20,21)14-3-2-10-23-14/h2-3,10,13H,4-9,11H2,1H3. The number of aromatic nitrogens is 2. The zero-order valence-corrected chi connectivity index (χ0v) is 15.3. The topological polar surface area (TPSA) is 76.3 Å². The van der Waals surface area contributed by atoms with Crippen LogP contribution in [0.5, 0.6) is 0 Å². The van der Waals surface area contributed by atoms with Crippen molar-refractivity contribution < 1.29 is 12.9 Å². The third-order valence-corrected chi connectivity index (χ3v) is 8.42. The lowest BCUT2D eigenvalue weighted by atomic mass is 9.74. The molecule has 4 rings (SSSR count). The van der Waals surface area contributed by atoms with E-state index in [4.69, 9.17) is 4.52 Å². The minimum absolute atomic E-state index is 0.138. The van der Waals surface area contributed by atoms with Gasteiger partial charge < -0.3 is 4.52 Å². The number of aryl methyl sites for hydroxylation is 1. The number of hydrogen-bond acceptors (Lipinski definition) is 6. The third kappa shape index (κ3) is 2.91. The molecule has 0 bridgehead atoms. The van der Waals surface area contributed by atoms with Crippen LogP contribution >= 0.6 is 11.3 Å². The van der Waals surface area contributed by atoms with Crippen molar-refractivity contribution in [3.63, 3.8) is 0 Å². The maximum absolute atomic E-state index is 12.7. The second kappa shape index (κ2) is 5.93. The van der Waals surface area contributed by atoms with Gasteiger partial charge in [-0.05, 0) is 36.6 Å². The van der Waals surface area contributed by atoms with Crippen molar-refractivity contribution in [2.75, 3.05) is 13.1 Å². The summed E-state index contributed by atoms with van der Waals surface area (Å²) in [7, 11) is -3.37. The minimum Gasteiger partial charge on any atom is -0.340 e. The second-order valence-corrected chi connectivity index (χ2v) is 10.0. The highest BCUT2D eigenvalue weighted by Crippen LogP contribution is 2.47. The van der Waals surface area contributed by atoms with Crippen molar-refractivity contribution in [3.05, 3.63) is 29.2 Å². The Morgan fingerprint density at radius 3 is 2.67 bits per heavy atom. The fraction of sp³-hybridized carbons (Fsp3) is 0.625. The van der Waals surface area contributed by atoms with Gasteiger partial charge in [-0.15, -0.1) is 11.3 Å². The largest absolute Gasteiger partial charge is 0.340 e. The summed E-state index contributed by atoms with van der Waals surface area (Å²) in [6.07, 6.45) is 5.07. The fourth-order valence-corrected chi connectivity index (χ4v) is 6.19. The van der Waals surface area contributed by atoms with Gasteiger partial charge in [0.2, 0.25) is 5.89 Å². The summed E-state index contributed by atoms with van der Waals surface area (Å²) in [5.41, 5.74) is -0.138. The normalized spacial score (nSPS) is 21.9. The number of nitrogens with zero attached hydrogens (tertiary/aromatic N) is 3. The van der Waals surface area contributed by atoms with Crippen molar-refractivity contribution in [3.8, 4) is 0 Å². The number of hydrogen-bond donors (Lipinski definition) is 0. The first-order chi connectivity index (χ1) is 11.5. The first kappa shape index (κ1) is 16.2. The van der Waals surface area contributed by atoms with E-state index in [1.54, 1.807) is 28.7 Å². The molecule has 1 aliphatic heterocycles. The summed E-state index contributed by atoms with van der Waals surface area (Å²) >= 11 is 1.27. The summed E-state index contributed by atoms with van der Waals surface area (Å²) in [5, 5.41) is 5.98. The van der Waals surface area contributed by atoms with E-state index in [-0.39, 0.29) is 5.41 Å². The molecule has 6 nitrogen and oxygen atoms in total. The lowest BCUT2D eigenvalue weighted by Crippen LogP contribution is -2.45. The van der Waals surface area contributed by atoms with Gasteiger partial charge in [0.05, 0.1) is 0 Å². The molecular formula is C16H21N3O3S2. The van der Waals surface area contributed by atoms with Gasteiger partial charge in [0, 0.05) is 25.4 Å². The molecule has 130 valence electrons. The van der Waals surface area contributed by atoms with Gasteiger partial charge in [0.1, 0.15) is 4.21 Å². The van der Waals surface area contributed by atoms with Crippen LogP contribution in [0.1, 0.15) is 43.8 Å². The monoisotopic (exact) mass is 367 g/mol. The Kier molecular flexibility index (Phi) is 4.01. The number of sulfonamides is 1. The Balaban J connectivity index is 1.56. The highest BCUT2D eigenvalue weighted by molar-refractivity contribution is 7.91. The molecule has 1 aliphatic carbocycles. The Labute approximate surface area is 145 Å². The van der Waals surface area contributed by atoms with Crippen LogP contribution in [0.3, 0.4) is 0 Å². The first-order valence-electron chi connectivity index (χ1n) is 8.34. The van der Waals surface area contributed by atoms with E-state index < -0.39 is 10.0 Å². The van der Waals surface area contributed by atoms with Gasteiger partial charge in [-0.1, -0.05) is 24.1 Å². The molecule has 1 saturated heterocycles. The maximum Gasteiger partial charge on any atom is 0.252 e. The van der Waals surface area contributed by atoms with Crippen LogP contribution in [0.15, 0.2) is 26.2 Å². The summed E-state index contributed by atoms with van der Waals surface area (Å²) in [4.78, 5) is 4.48. The van der Waals surface area contributed by atoms with Crippen LogP contribution in [0.2, 0.25) is 0 Å². The number of piperidine rings is 1. The molecule has 2 aromatic heterocycles. The van der Waals surface area contributed by atoms with Crippen molar-refractivity contribution in [1.82, 2.24) is 14.4 Å². The first-order valence-corrected chi connectivity index (χ1v) is 10.7. The molecule has 2 aliphatic rings.